The average molecular weight is 335 g/mol. The molecule has 0 radical (unpaired) electrons. The first-order valence-electron chi connectivity index (χ1n) is 7.38. The predicted octanol–water partition coefficient (Wildman–Crippen LogP) is -0.407. The van der Waals surface area contributed by atoms with E-state index in [1.165, 1.54) is 0 Å². The molecule has 3 heterocycles. The van der Waals surface area contributed by atoms with E-state index in [1.807, 2.05) is 6.08 Å². The SMILES string of the molecule is CS(=O)(=O)c1nc(NC2CC2)n2ncc(/C=C3/CNCN3)c2n1. The first-order chi connectivity index (χ1) is 11.0. The van der Waals surface area contributed by atoms with Crippen molar-refractivity contribution in [2.45, 2.75) is 24.0 Å². The maximum Gasteiger partial charge on any atom is 0.252 e. The highest BCUT2D eigenvalue weighted by Gasteiger charge is 2.25. The molecule has 0 atom stereocenters. The molecule has 0 amide bonds. The van der Waals surface area contributed by atoms with Crippen molar-refractivity contribution in [3.8, 4) is 0 Å². The number of nitrogens with one attached hydrogen (secondary N) is 3. The van der Waals surface area contributed by atoms with Crippen molar-refractivity contribution in [1.29, 1.82) is 0 Å². The van der Waals surface area contributed by atoms with E-state index in [4.69, 9.17) is 0 Å². The van der Waals surface area contributed by atoms with E-state index in [0.29, 0.717) is 24.3 Å². The quantitative estimate of drug-likeness (QED) is 0.691. The Kier molecular flexibility index (Phi) is 3.23. The number of hydrogen-bond donors (Lipinski definition) is 3. The Morgan fingerprint density at radius 2 is 2.22 bits per heavy atom. The molecule has 1 saturated heterocycles. The van der Waals surface area contributed by atoms with Crippen molar-refractivity contribution >= 4 is 27.5 Å². The third kappa shape index (κ3) is 2.86. The number of aromatic nitrogens is 4. The van der Waals surface area contributed by atoms with Gasteiger partial charge >= 0.3 is 0 Å². The van der Waals surface area contributed by atoms with Gasteiger partial charge in [0.2, 0.25) is 15.8 Å². The summed E-state index contributed by atoms with van der Waals surface area (Å²) in [6.07, 6.45) is 6.79. The Bertz CT molecular complexity index is 890. The molecule has 2 aromatic heterocycles. The highest BCUT2D eigenvalue weighted by Crippen LogP contribution is 2.25. The second-order valence-electron chi connectivity index (χ2n) is 5.81. The largest absolute Gasteiger partial charge is 0.375 e. The van der Waals surface area contributed by atoms with Crippen LogP contribution in [0.3, 0.4) is 0 Å². The number of rotatable bonds is 4. The smallest absolute Gasteiger partial charge is 0.252 e. The van der Waals surface area contributed by atoms with Gasteiger partial charge in [0.05, 0.1) is 12.9 Å². The molecule has 0 spiro atoms. The normalized spacial score (nSPS) is 20.1. The summed E-state index contributed by atoms with van der Waals surface area (Å²) in [4.78, 5) is 8.34. The summed E-state index contributed by atoms with van der Waals surface area (Å²) < 4.78 is 25.3. The minimum atomic E-state index is -3.51. The van der Waals surface area contributed by atoms with E-state index in [0.717, 1.165) is 36.9 Å². The van der Waals surface area contributed by atoms with Crippen LogP contribution >= 0.6 is 0 Å². The Labute approximate surface area is 133 Å². The van der Waals surface area contributed by atoms with Gasteiger partial charge in [0.25, 0.3) is 5.16 Å². The molecule has 10 heteroatoms. The van der Waals surface area contributed by atoms with Gasteiger partial charge in [-0.05, 0) is 18.9 Å². The van der Waals surface area contributed by atoms with E-state index < -0.39 is 9.84 Å². The standard InChI is InChI=1S/C13H17N7O2S/c1-23(21,22)13-18-11-8(4-10-6-14-7-15-10)5-16-20(11)12(19-13)17-9-2-3-9/h4-5,9,14-15H,2-3,6-7H2,1H3,(H,17,18,19)/b10-4-. The van der Waals surface area contributed by atoms with E-state index in [9.17, 15) is 8.42 Å². The predicted molar refractivity (Wildman–Crippen MR) is 84.5 cm³/mol. The van der Waals surface area contributed by atoms with Crippen LogP contribution < -0.4 is 16.0 Å². The van der Waals surface area contributed by atoms with Gasteiger partial charge in [-0.3, -0.25) is 5.32 Å². The fourth-order valence-corrected chi connectivity index (χ4v) is 2.88. The maximum atomic E-state index is 11.9. The van der Waals surface area contributed by atoms with Crippen LogP contribution in [0.25, 0.3) is 11.7 Å². The van der Waals surface area contributed by atoms with Gasteiger partial charge in [-0.1, -0.05) is 0 Å². The monoisotopic (exact) mass is 335 g/mol. The van der Waals surface area contributed by atoms with E-state index in [2.05, 4.69) is 31.0 Å². The summed E-state index contributed by atoms with van der Waals surface area (Å²) in [5, 5.41) is 13.7. The van der Waals surface area contributed by atoms with Crippen molar-refractivity contribution in [3.63, 3.8) is 0 Å². The zero-order chi connectivity index (χ0) is 16.0. The van der Waals surface area contributed by atoms with E-state index >= 15 is 0 Å². The van der Waals surface area contributed by atoms with Crippen molar-refractivity contribution < 1.29 is 8.42 Å². The summed E-state index contributed by atoms with van der Waals surface area (Å²) in [6.45, 7) is 1.44. The first-order valence-corrected chi connectivity index (χ1v) is 9.27. The van der Waals surface area contributed by atoms with Gasteiger partial charge < -0.3 is 10.6 Å². The number of hydrogen-bond acceptors (Lipinski definition) is 8. The second kappa shape index (κ2) is 5.17. The molecule has 23 heavy (non-hydrogen) atoms. The number of nitrogens with zero attached hydrogens (tertiary/aromatic N) is 4. The Morgan fingerprint density at radius 1 is 1.39 bits per heavy atom. The Morgan fingerprint density at radius 3 is 2.87 bits per heavy atom. The molecule has 0 bridgehead atoms. The van der Waals surface area contributed by atoms with Crippen LogP contribution in [0.1, 0.15) is 18.4 Å². The Balaban J connectivity index is 1.87. The molecule has 0 unspecified atom stereocenters. The molecule has 2 aliphatic rings. The lowest BCUT2D eigenvalue weighted by molar-refractivity contribution is 0.592. The summed E-state index contributed by atoms with van der Waals surface area (Å²) in [5.74, 6) is 0.417. The lowest BCUT2D eigenvalue weighted by atomic mass is 10.3. The third-order valence-corrected chi connectivity index (χ3v) is 4.55. The number of anilines is 1. The maximum absolute atomic E-state index is 11.9. The zero-order valence-corrected chi connectivity index (χ0v) is 13.4. The van der Waals surface area contributed by atoms with Crippen LogP contribution in [0.5, 0.6) is 0 Å². The molecule has 2 aromatic rings. The third-order valence-electron chi connectivity index (χ3n) is 3.70. The highest BCUT2D eigenvalue weighted by molar-refractivity contribution is 7.90. The molecule has 9 nitrogen and oxygen atoms in total. The number of fused-ring (bicyclic) bond motifs is 1. The summed E-state index contributed by atoms with van der Waals surface area (Å²) in [7, 11) is -3.51. The van der Waals surface area contributed by atoms with Gasteiger partial charge in [0, 0.05) is 30.1 Å². The van der Waals surface area contributed by atoms with Crippen LogP contribution in [0.4, 0.5) is 5.95 Å². The van der Waals surface area contributed by atoms with Crippen LogP contribution in [0, 0.1) is 0 Å². The second-order valence-corrected chi connectivity index (χ2v) is 7.72. The summed E-state index contributed by atoms with van der Waals surface area (Å²) in [6, 6.07) is 0.326. The fraction of sp³-hybridized carbons (Fsp3) is 0.462. The molecular weight excluding hydrogens is 318 g/mol. The zero-order valence-electron chi connectivity index (χ0n) is 12.6. The van der Waals surface area contributed by atoms with Crippen LogP contribution in [0.2, 0.25) is 0 Å². The summed E-state index contributed by atoms with van der Waals surface area (Å²) >= 11 is 0. The fourth-order valence-electron chi connectivity index (χ4n) is 2.37. The Hall–Kier alpha value is -2.20. The molecule has 3 N–H and O–H groups in total. The summed E-state index contributed by atoms with van der Waals surface area (Å²) in [5.41, 5.74) is 2.24. The molecular formula is C13H17N7O2S. The van der Waals surface area contributed by atoms with E-state index in [1.54, 1.807) is 10.7 Å². The van der Waals surface area contributed by atoms with Gasteiger partial charge in [0.15, 0.2) is 5.65 Å². The number of sulfone groups is 1. The van der Waals surface area contributed by atoms with Crippen molar-refractivity contribution in [3.05, 3.63) is 17.5 Å². The highest BCUT2D eigenvalue weighted by atomic mass is 32.2. The molecule has 1 saturated carbocycles. The molecule has 4 rings (SSSR count). The molecule has 0 aromatic carbocycles. The molecule has 1 aliphatic carbocycles. The van der Waals surface area contributed by atoms with Crippen LogP contribution in [-0.4, -0.2) is 53.5 Å². The van der Waals surface area contributed by atoms with Crippen LogP contribution in [0.15, 0.2) is 17.1 Å². The minimum absolute atomic E-state index is 0.189. The van der Waals surface area contributed by atoms with Gasteiger partial charge in [-0.15, -0.1) is 0 Å². The van der Waals surface area contributed by atoms with Gasteiger partial charge in [0.1, 0.15) is 0 Å². The van der Waals surface area contributed by atoms with Crippen LogP contribution in [-0.2, 0) is 9.84 Å². The van der Waals surface area contributed by atoms with Gasteiger partial charge in [-0.2, -0.15) is 19.6 Å². The van der Waals surface area contributed by atoms with Gasteiger partial charge in [-0.25, -0.2) is 8.42 Å². The topological polar surface area (TPSA) is 113 Å². The van der Waals surface area contributed by atoms with E-state index in [-0.39, 0.29) is 5.16 Å². The lowest BCUT2D eigenvalue weighted by Gasteiger charge is -2.07. The average Bonchev–Trinajstić information content (AvgIpc) is 2.99. The molecule has 2 fully saturated rings. The van der Waals surface area contributed by atoms with Crippen molar-refractivity contribution in [2.24, 2.45) is 0 Å². The molecule has 1 aliphatic heterocycles. The first kappa shape index (κ1) is 14.4. The lowest BCUT2D eigenvalue weighted by Crippen LogP contribution is -2.14. The van der Waals surface area contributed by atoms with Crippen molar-refractivity contribution in [2.75, 3.05) is 24.8 Å². The molecule has 122 valence electrons. The van der Waals surface area contributed by atoms with Crippen molar-refractivity contribution in [1.82, 2.24) is 30.2 Å². The minimum Gasteiger partial charge on any atom is -0.375 e.